The van der Waals surface area contributed by atoms with Crippen LogP contribution >= 0.6 is 0 Å². The molecule has 20 heavy (non-hydrogen) atoms. The first-order chi connectivity index (χ1) is 9.50. The van der Waals surface area contributed by atoms with Crippen LogP contribution in [0.4, 0.5) is 8.78 Å². The highest BCUT2D eigenvalue weighted by Crippen LogP contribution is 2.17. The van der Waals surface area contributed by atoms with Crippen LogP contribution in [0.25, 0.3) is 0 Å². The van der Waals surface area contributed by atoms with Gasteiger partial charge in [0.2, 0.25) is 10.0 Å². The SMILES string of the molecule is O=S(=O)(NCCCn1cccn1)c1c(F)cccc1F. The fraction of sp³-hybridized carbons (Fsp3) is 0.250. The van der Waals surface area contributed by atoms with Gasteiger partial charge in [-0.25, -0.2) is 21.9 Å². The summed E-state index contributed by atoms with van der Waals surface area (Å²) in [6, 6.07) is 4.67. The van der Waals surface area contributed by atoms with E-state index in [1.54, 1.807) is 23.1 Å². The number of rotatable bonds is 6. The molecule has 0 aliphatic carbocycles. The molecule has 1 aromatic carbocycles. The Balaban J connectivity index is 1.97. The van der Waals surface area contributed by atoms with Gasteiger partial charge in [-0.15, -0.1) is 0 Å². The molecule has 8 heteroatoms. The van der Waals surface area contributed by atoms with Crippen LogP contribution in [0.2, 0.25) is 0 Å². The van der Waals surface area contributed by atoms with Crippen molar-refractivity contribution in [2.24, 2.45) is 0 Å². The number of halogens is 2. The number of nitrogens with zero attached hydrogens (tertiary/aromatic N) is 2. The molecule has 1 heterocycles. The van der Waals surface area contributed by atoms with E-state index in [0.29, 0.717) is 13.0 Å². The molecular weight excluding hydrogens is 288 g/mol. The molecule has 108 valence electrons. The summed E-state index contributed by atoms with van der Waals surface area (Å²) < 4.78 is 54.3. The first-order valence-electron chi connectivity index (χ1n) is 5.92. The molecule has 0 fully saturated rings. The number of benzene rings is 1. The molecule has 0 unspecified atom stereocenters. The van der Waals surface area contributed by atoms with E-state index in [1.807, 2.05) is 0 Å². The van der Waals surface area contributed by atoms with Gasteiger partial charge in [0.1, 0.15) is 11.6 Å². The third-order valence-corrected chi connectivity index (χ3v) is 4.11. The number of aryl methyl sites for hydroxylation is 1. The minimum Gasteiger partial charge on any atom is -0.273 e. The molecule has 0 spiro atoms. The minimum atomic E-state index is -4.19. The summed E-state index contributed by atoms with van der Waals surface area (Å²) in [5.41, 5.74) is 0. The number of aromatic nitrogens is 2. The summed E-state index contributed by atoms with van der Waals surface area (Å²) in [5.74, 6) is -2.21. The Kier molecular flexibility index (Phi) is 4.46. The molecule has 5 nitrogen and oxygen atoms in total. The van der Waals surface area contributed by atoms with Crippen LogP contribution in [0.5, 0.6) is 0 Å². The van der Waals surface area contributed by atoms with Crippen molar-refractivity contribution in [2.75, 3.05) is 6.54 Å². The smallest absolute Gasteiger partial charge is 0.246 e. The van der Waals surface area contributed by atoms with Gasteiger partial charge in [0, 0.05) is 25.5 Å². The third kappa shape index (κ3) is 3.40. The van der Waals surface area contributed by atoms with Crippen LogP contribution in [0.15, 0.2) is 41.6 Å². The first kappa shape index (κ1) is 14.6. The van der Waals surface area contributed by atoms with Crippen molar-refractivity contribution in [3.63, 3.8) is 0 Å². The molecule has 0 aliphatic heterocycles. The highest BCUT2D eigenvalue weighted by atomic mass is 32.2. The molecule has 0 saturated heterocycles. The highest BCUT2D eigenvalue weighted by molar-refractivity contribution is 7.89. The molecule has 2 aromatic rings. The highest BCUT2D eigenvalue weighted by Gasteiger charge is 2.22. The Bertz CT molecular complexity index is 652. The van der Waals surface area contributed by atoms with E-state index in [2.05, 4.69) is 9.82 Å². The molecule has 0 saturated carbocycles. The number of hydrogen-bond acceptors (Lipinski definition) is 3. The Morgan fingerprint density at radius 3 is 2.50 bits per heavy atom. The van der Waals surface area contributed by atoms with Gasteiger partial charge in [-0.2, -0.15) is 5.10 Å². The first-order valence-corrected chi connectivity index (χ1v) is 7.40. The number of sulfonamides is 1. The quantitative estimate of drug-likeness (QED) is 0.823. The summed E-state index contributed by atoms with van der Waals surface area (Å²) in [6.07, 6.45) is 3.81. The van der Waals surface area contributed by atoms with E-state index in [-0.39, 0.29) is 6.54 Å². The fourth-order valence-electron chi connectivity index (χ4n) is 1.69. The zero-order valence-corrected chi connectivity index (χ0v) is 11.3. The van der Waals surface area contributed by atoms with E-state index < -0.39 is 26.6 Å². The maximum atomic E-state index is 13.4. The van der Waals surface area contributed by atoms with Crippen molar-refractivity contribution in [2.45, 2.75) is 17.9 Å². The number of nitrogens with one attached hydrogen (secondary N) is 1. The standard InChI is InChI=1S/C12H13F2N3O2S/c13-10-4-1-5-11(14)12(10)20(18,19)16-7-3-9-17-8-2-6-15-17/h1-2,4-6,8,16H,3,7,9H2. The van der Waals surface area contributed by atoms with E-state index >= 15 is 0 Å². The lowest BCUT2D eigenvalue weighted by molar-refractivity contribution is 0.510. The Hall–Kier alpha value is -1.80. The molecule has 0 radical (unpaired) electrons. The van der Waals surface area contributed by atoms with E-state index in [9.17, 15) is 17.2 Å². The van der Waals surface area contributed by atoms with Gasteiger partial charge in [-0.1, -0.05) is 6.07 Å². The lowest BCUT2D eigenvalue weighted by Gasteiger charge is -2.08. The molecule has 0 atom stereocenters. The van der Waals surface area contributed by atoms with Gasteiger partial charge in [0.05, 0.1) is 0 Å². The van der Waals surface area contributed by atoms with Crippen molar-refractivity contribution in [1.82, 2.24) is 14.5 Å². The molecule has 0 amide bonds. The van der Waals surface area contributed by atoms with E-state index in [4.69, 9.17) is 0 Å². The lowest BCUT2D eigenvalue weighted by Crippen LogP contribution is -2.27. The van der Waals surface area contributed by atoms with Crippen molar-refractivity contribution < 1.29 is 17.2 Å². The molecule has 1 N–H and O–H groups in total. The molecule has 1 aromatic heterocycles. The van der Waals surface area contributed by atoms with Gasteiger partial charge in [-0.3, -0.25) is 4.68 Å². The Morgan fingerprint density at radius 2 is 1.90 bits per heavy atom. The van der Waals surface area contributed by atoms with Gasteiger partial charge in [0.25, 0.3) is 0 Å². The van der Waals surface area contributed by atoms with Crippen LogP contribution in [-0.4, -0.2) is 24.7 Å². The van der Waals surface area contributed by atoms with Crippen LogP contribution < -0.4 is 4.72 Å². The molecule has 0 bridgehead atoms. The Morgan fingerprint density at radius 1 is 1.20 bits per heavy atom. The van der Waals surface area contributed by atoms with Crippen molar-refractivity contribution in [3.8, 4) is 0 Å². The second-order valence-electron chi connectivity index (χ2n) is 4.07. The van der Waals surface area contributed by atoms with E-state index in [0.717, 1.165) is 18.2 Å². The topological polar surface area (TPSA) is 64.0 Å². The van der Waals surface area contributed by atoms with Gasteiger partial charge in [0.15, 0.2) is 4.90 Å². The molecular formula is C12H13F2N3O2S. The maximum absolute atomic E-state index is 13.4. The van der Waals surface area contributed by atoms with Crippen molar-refractivity contribution in [3.05, 3.63) is 48.3 Å². The predicted octanol–water partition coefficient (Wildman–Crippen LogP) is 1.53. The van der Waals surface area contributed by atoms with Crippen LogP contribution in [-0.2, 0) is 16.6 Å². The second-order valence-corrected chi connectivity index (χ2v) is 5.78. The Labute approximate surface area is 115 Å². The third-order valence-electron chi connectivity index (χ3n) is 2.60. The minimum absolute atomic E-state index is 0.0654. The average Bonchev–Trinajstić information content (AvgIpc) is 2.87. The molecule has 2 rings (SSSR count). The van der Waals surface area contributed by atoms with Crippen molar-refractivity contribution in [1.29, 1.82) is 0 Å². The van der Waals surface area contributed by atoms with E-state index in [1.165, 1.54) is 0 Å². The lowest BCUT2D eigenvalue weighted by atomic mass is 10.3. The van der Waals surface area contributed by atoms with Gasteiger partial charge < -0.3 is 0 Å². The fourth-order valence-corrected chi connectivity index (χ4v) is 2.90. The van der Waals surface area contributed by atoms with Gasteiger partial charge >= 0.3 is 0 Å². The average molecular weight is 301 g/mol. The predicted molar refractivity (Wildman–Crippen MR) is 68.4 cm³/mol. The summed E-state index contributed by atoms with van der Waals surface area (Å²) in [7, 11) is -4.19. The summed E-state index contributed by atoms with van der Waals surface area (Å²) >= 11 is 0. The maximum Gasteiger partial charge on any atom is 0.246 e. The van der Waals surface area contributed by atoms with Crippen LogP contribution in [0.1, 0.15) is 6.42 Å². The zero-order chi connectivity index (χ0) is 14.6. The van der Waals surface area contributed by atoms with Crippen LogP contribution in [0, 0.1) is 11.6 Å². The molecule has 0 aliphatic rings. The van der Waals surface area contributed by atoms with Gasteiger partial charge in [-0.05, 0) is 24.6 Å². The largest absolute Gasteiger partial charge is 0.273 e. The second kappa shape index (κ2) is 6.10. The summed E-state index contributed by atoms with van der Waals surface area (Å²) in [6.45, 7) is 0.575. The summed E-state index contributed by atoms with van der Waals surface area (Å²) in [4.78, 5) is -0.945. The normalized spacial score (nSPS) is 11.7. The van der Waals surface area contributed by atoms with Crippen molar-refractivity contribution >= 4 is 10.0 Å². The van der Waals surface area contributed by atoms with Crippen LogP contribution in [0.3, 0.4) is 0 Å². The monoisotopic (exact) mass is 301 g/mol. The zero-order valence-electron chi connectivity index (χ0n) is 10.5. The summed E-state index contributed by atoms with van der Waals surface area (Å²) in [5, 5.41) is 3.96. The number of hydrogen-bond donors (Lipinski definition) is 1.